The SMILES string of the molecule is CCN(CC)c1onc(-c2ccccc2)c1CN(C[C@H]1CCCO1)C(=O)c1cccs1. The Morgan fingerprint density at radius 3 is 2.61 bits per heavy atom. The summed E-state index contributed by atoms with van der Waals surface area (Å²) in [5.41, 5.74) is 2.72. The van der Waals surface area contributed by atoms with Gasteiger partial charge in [-0.2, -0.15) is 0 Å². The topological polar surface area (TPSA) is 58.8 Å². The summed E-state index contributed by atoms with van der Waals surface area (Å²) in [7, 11) is 0. The molecule has 7 heteroatoms. The predicted molar refractivity (Wildman–Crippen MR) is 124 cm³/mol. The summed E-state index contributed by atoms with van der Waals surface area (Å²) in [6, 6.07) is 13.8. The molecule has 1 atom stereocenters. The van der Waals surface area contributed by atoms with E-state index in [2.05, 4.69) is 23.9 Å². The van der Waals surface area contributed by atoms with Crippen molar-refractivity contribution in [1.82, 2.24) is 10.1 Å². The molecule has 1 amide bonds. The van der Waals surface area contributed by atoms with Gasteiger partial charge in [-0.05, 0) is 38.1 Å². The number of rotatable bonds is 9. The zero-order valence-electron chi connectivity index (χ0n) is 18.1. The van der Waals surface area contributed by atoms with Gasteiger partial charge >= 0.3 is 0 Å². The molecule has 3 aromatic rings. The molecule has 2 aromatic heterocycles. The largest absolute Gasteiger partial charge is 0.376 e. The van der Waals surface area contributed by atoms with E-state index in [4.69, 9.17) is 9.26 Å². The van der Waals surface area contributed by atoms with Crippen molar-refractivity contribution >= 4 is 23.1 Å². The van der Waals surface area contributed by atoms with E-state index in [1.54, 1.807) is 0 Å². The highest BCUT2D eigenvalue weighted by Crippen LogP contribution is 2.33. The van der Waals surface area contributed by atoms with Crippen LogP contribution < -0.4 is 4.90 Å². The number of ether oxygens (including phenoxy) is 1. The second kappa shape index (κ2) is 10.1. The number of aromatic nitrogens is 1. The summed E-state index contributed by atoms with van der Waals surface area (Å²) >= 11 is 1.47. The van der Waals surface area contributed by atoms with Crippen molar-refractivity contribution < 1.29 is 14.1 Å². The molecule has 0 saturated carbocycles. The molecule has 164 valence electrons. The van der Waals surface area contributed by atoms with E-state index in [0.717, 1.165) is 60.1 Å². The lowest BCUT2D eigenvalue weighted by molar-refractivity contribution is 0.0511. The number of amides is 1. The van der Waals surface area contributed by atoms with E-state index in [9.17, 15) is 4.79 Å². The molecule has 0 aliphatic carbocycles. The van der Waals surface area contributed by atoms with Crippen molar-refractivity contribution in [2.24, 2.45) is 0 Å². The number of thiophene rings is 1. The van der Waals surface area contributed by atoms with E-state index in [-0.39, 0.29) is 12.0 Å². The first-order valence-electron chi connectivity index (χ1n) is 10.9. The smallest absolute Gasteiger partial charge is 0.264 e. The van der Waals surface area contributed by atoms with Crippen LogP contribution in [0.2, 0.25) is 0 Å². The molecule has 0 spiro atoms. The minimum atomic E-state index is 0.0243. The number of carbonyl (C=O) groups excluding carboxylic acids is 1. The van der Waals surface area contributed by atoms with Gasteiger partial charge in [0.05, 0.1) is 23.1 Å². The van der Waals surface area contributed by atoms with Crippen molar-refractivity contribution in [3.8, 4) is 11.3 Å². The van der Waals surface area contributed by atoms with Gasteiger partial charge in [0, 0.05) is 31.8 Å². The molecule has 1 aliphatic heterocycles. The number of hydrogen-bond donors (Lipinski definition) is 0. The number of carbonyl (C=O) groups is 1. The summed E-state index contributed by atoms with van der Waals surface area (Å²) in [6.45, 7) is 7.55. The maximum Gasteiger partial charge on any atom is 0.264 e. The Hall–Kier alpha value is -2.64. The van der Waals surface area contributed by atoms with Crippen LogP contribution >= 0.6 is 11.3 Å². The predicted octanol–water partition coefficient (Wildman–Crippen LogP) is 5.07. The molecule has 0 bridgehead atoms. The second-order valence-corrected chi connectivity index (χ2v) is 8.60. The number of nitrogens with zero attached hydrogens (tertiary/aromatic N) is 3. The molecule has 4 rings (SSSR count). The van der Waals surface area contributed by atoms with Crippen molar-refractivity contribution in [3.63, 3.8) is 0 Å². The van der Waals surface area contributed by atoms with Gasteiger partial charge in [-0.15, -0.1) is 11.3 Å². The average molecular weight is 440 g/mol. The Labute approximate surface area is 187 Å². The monoisotopic (exact) mass is 439 g/mol. The first-order valence-corrected chi connectivity index (χ1v) is 11.8. The number of hydrogen-bond acceptors (Lipinski definition) is 6. The highest BCUT2D eigenvalue weighted by molar-refractivity contribution is 7.12. The van der Waals surface area contributed by atoms with Crippen molar-refractivity contribution in [1.29, 1.82) is 0 Å². The zero-order chi connectivity index (χ0) is 21.6. The average Bonchev–Trinajstić information content (AvgIpc) is 3.57. The molecule has 31 heavy (non-hydrogen) atoms. The van der Waals surface area contributed by atoms with E-state index < -0.39 is 0 Å². The fourth-order valence-electron chi connectivity index (χ4n) is 4.03. The molecule has 1 fully saturated rings. The van der Waals surface area contributed by atoms with Gasteiger partial charge in [0.1, 0.15) is 5.69 Å². The van der Waals surface area contributed by atoms with Crippen LogP contribution in [0.25, 0.3) is 11.3 Å². The van der Waals surface area contributed by atoms with Crippen molar-refractivity contribution in [2.45, 2.75) is 39.3 Å². The van der Waals surface area contributed by atoms with Gasteiger partial charge in [-0.3, -0.25) is 4.79 Å². The first-order chi connectivity index (χ1) is 15.2. The fraction of sp³-hybridized carbons (Fsp3) is 0.417. The maximum atomic E-state index is 13.4. The third kappa shape index (κ3) is 4.83. The normalized spacial score (nSPS) is 15.9. The van der Waals surface area contributed by atoms with Gasteiger partial charge in [-0.25, -0.2) is 0 Å². The molecule has 0 unspecified atom stereocenters. The molecule has 1 aromatic carbocycles. The fourth-order valence-corrected chi connectivity index (χ4v) is 4.72. The molecule has 0 N–H and O–H groups in total. The van der Waals surface area contributed by atoms with Crippen molar-refractivity contribution in [2.75, 3.05) is 31.1 Å². The maximum absolute atomic E-state index is 13.4. The molecule has 1 aliphatic rings. The molecule has 0 radical (unpaired) electrons. The first kappa shape index (κ1) is 21.6. The quantitative estimate of drug-likeness (QED) is 0.466. The molecular formula is C24H29N3O3S. The Morgan fingerprint density at radius 1 is 1.16 bits per heavy atom. The number of anilines is 1. The molecule has 3 heterocycles. The minimum absolute atomic E-state index is 0.0243. The van der Waals surface area contributed by atoms with Crippen LogP contribution in [0.15, 0.2) is 52.4 Å². The minimum Gasteiger partial charge on any atom is -0.376 e. The Balaban J connectivity index is 1.71. The zero-order valence-corrected chi connectivity index (χ0v) is 18.9. The Kier molecular flexibility index (Phi) is 7.04. The summed E-state index contributed by atoms with van der Waals surface area (Å²) in [6.07, 6.45) is 2.09. The Morgan fingerprint density at radius 2 is 1.97 bits per heavy atom. The molecule has 1 saturated heterocycles. The standard InChI is InChI=1S/C24H29N3O3S/c1-3-26(4-2)24-20(22(25-30-24)18-10-6-5-7-11-18)17-27(16-19-12-8-14-29-19)23(28)21-13-9-15-31-21/h5-7,9-11,13,15,19H,3-4,8,12,14,16-17H2,1-2H3/t19-/m1/s1. The van der Waals surface area contributed by atoms with E-state index in [1.807, 2.05) is 52.7 Å². The lowest BCUT2D eigenvalue weighted by Gasteiger charge is -2.26. The van der Waals surface area contributed by atoms with E-state index >= 15 is 0 Å². The van der Waals surface area contributed by atoms with Gasteiger partial charge < -0.3 is 19.1 Å². The molecular weight excluding hydrogens is 410 g/mol. The van der Waals surface area contributed by atoms with Crippen molar-refractivity contribution in [3.05, 3.63) is 58.3 Å². The number of benzene rings is 1. The van der Waals surface area contributed by atoms with E-state index in [1.165, 1.54) is 11.3 Å². The summed E-state index contributed by atoms with van der Waals surface area (Å²) in [5, 5.41) is 6.36. The lowest BCUT2D eigenvalue weighted by atomic mass is 10.1. The van der Waals surface area contributed by atoms with Crippen LogP contribution in [0.5, 0.6) is 0 Å². The summed E-state index contributed by atoms with van der Waals surface area (Å²) in [4.78, 5) is 18.2. The second-order valence-electron chi connectivity index (χ2n) is 7.65. The highest BCUT2D eigenvalue weighted by atomic mass is 32.1. The third-order valence-corrected chi connectivity index (χ3v) is 6.54. The molecule has 6 nitrogen and oxygen atoms in total. The van der Waals surface area contributed by atoms with Gasteiger partial charge in [0.2, 0.25) is 5.88 Å². The van der Waals surface area contributed by atoms with Crippen LogP contribution in [0, 0.1) is 0 Å². The van der Waals surface area contributed by atoms with Crippen LogP contribution in [-0.4, -0.2) is 48.3 Å². The summed E-state index contributed by atoms with van der Waals surface area (Å²) < 4.78 is 11.7. The summed E-state index contributed by atoms with van der Waals surface area (Å²) in [5.74, 6) is 0.761. The van der Waals surface area contributed by atoms with Gasteiger partial charge in [0.15, 0.2) is 0 Å². The van der Waals surface area contributed by atoms with Gasteiger partial charge in [0.25, 0.3) is 5.91 Å². The van der Waals surface area contributed by atoms with E-state index in [0.29, 0.717) is 13.1 Å². The van der Waals surface area contributed by atoms with Crippen LogP contribution in [0.4, 0.5) is 5.88 Å². The highest BCUT2D eigenvalue weighted by Gasteiger charge is 2.29. The lowest BCUT2D eigenvalue weighted by Crippen LogP contribution is -2.37. The van der Waals surface area contributed by atoms with Crippen LogP contribution in [0.1, 0.15) is 41.9 Å². The van der Waals surface area contributed by atoms with Gasteiger partial charge in [-0.1, -0.05) is 41.6 Å². The van der Waals surface area contributed by atoms with Crippen LogP contribution in [0.3, 0.4) is 0 Å². The van der Waals surface area contributed by atoms with Crippen LogP contribution in [-0.2, 0) is 11.3 Å². The third-order valence-electron chi connectivity index (χ3n) is 5.68. The Bertz CT molecular complexity index is 961.